The van der Waals surface area contributed by atoms with Crippen LogP contribution in [0.1, 0.15) is 32.6 Å². The zero-order valence-electron chi connectivity index (χ0n) is 16.3. The molecule has 28 heavy (non-hydrogen) atoms. The molecule has 3 rings (SSSR count). The molecule has 1 saturated heterocycles. The highest BCUT2D eigenvalue weighted by Crippen LogP contribution is 2.22. The molecule has 2 N–H and O–H groups in total. The molecule has 0 radical (unpaired) electrons. The summed E-state index contributed by atoms with van der Waals surface area (Å²) in [5, 5.41) is 9.99. The predicted octanol–water partition coefficient (Wildman–Crippen LogP) is 2.51. The Morgan fingerprint density at radius 1 is 1.21 bits per heavy atom. The van der Waals surface area contributed by atoms with Crippen LogP contribution in [0.5, 0.6) is 0 Å². The van der Waals surface area contributed by atoms with Gasteiger partial charge in [0.25, 0.3) is 0 Å². The first kappa shape index (κ1) is 19.9. The number of urea groups is 1. The number of anilines is 1. The van der Waals surface area contributed by atoms with Crippen molar-refractivity contribution < 1.29 is 9.59 Å². The van der Waals surface area contributed by atoms with E-state index in [0.717, 1.165) is 38.0 Å². The summed E-state index contributed by atoms with van der Waals surface area (Å²) >= 11 is 0. The fraction of sp³-hybridized carbons (Fsp3) is 0.500. The first-order valence-electron chi connectivity index (χ1n) is 9.83. The third-order valence-electron chi connectivity index (χ3n) is 5.04. The molecule has 1 aliphatic heterocycles. The maximum absolute atomic E-state index is 12.4. The minimum atomic E-state index is -0.0344. The highest BCUT2D eigenvalue weighted by Gasteiger charge is 2.24. The quantitative estimate of drug-likeness (QED) is 0.767. The van der Waals surface area contributed by atoms with Crippen molar-refractivity contribution in [1.82, 2.24) is 25.0 Å². The molecule has 0 saturated carbocycles. The Bertz CT molecular complexity index is 741. The van der Waals surface area contributed by atoms with Gasteiger partial charge in [-0.2, -0.15) is 5.10 Å². The molecule has 150 valence electrons. The number of aromatic nitrogens is 3. The lowest BCUT2D eigenvalue weighted by Gasteiger charge is -2.32. The van der Waals surface area contributed by atoms with Crippen LogP contribution in [-0.4, -0.2) is 50.7 Å². The van der Waals surface area contributed by atoms with E-state index >= 15 is 0 Å². The van der Waals surface area contributed by atoms with Crippen LogP contribution in [0.25, 0.3) is 0 Å². The molecule has 0 unspecified atom stereocenters. The Morgan fingerprint density at radius 3 is 2.64 bits per heavy atom. The zero-order chi connectivity index (χ0) is 19.8. The summed E-state index contributed by atoms with van der Waals surface area (Å²) in [5.74, 6) is 0.534. The fourth-order valence-electron chi connectivity index (χ4n) is 3.46. The van der Waals surface area contributed by atoms with Gasteiger partial charge in [0.2, 0.25) is 5.91 Å². The Labute approximate surface area is 165 Å². The number of nitrogens with one attached hydrogen (secondary N) is 2. The van der Waals surface area contributed by atoms with E-state index in [2.05, 4.69) is 20.7 Å². The molecule has 0 spiro atoms. The molecule has 1 fully saturated rings. The maximum atomic E-state index is 12.4. The predicted molar refractivity (Wildman–Crippen MR) is 107 cm³/mol. The molecular weight excluding hydrogens is 356 g/mol. The number of likely N-dealkylation sites (tertiary alicyclic amines) is 1. The molecular formula is C20H28N6O2. The summed E-state index contributed by atoms with van der Waals surface area (Å²) in [7, 11) is 0. The number of benzene rings is 1. The van der Waals surface area contributed by atoms with Gasteiger partial charge in [-0.05, 0) is 44.2 Å². The van der Waals surface area contributed by atoms with Crippen molar-refractivity contribution in [3.05, 3.63) is 43.0 Å². The van der Waals surface area contributed by atoms with Gasteiger partial charge in [0, 0.05) is 31.2 Å². The van der Waals surface area contributed by atoms with E-state index in [0.29, 0.717) is 18.9 Å². The Kier molecular flexibility index (Phi) is 7.00. The van der Waals surface area contributed by atoms with E-state index in [4.69, 9.17) is 0 Å². The molecule has 2 aromatic rings. The number of hydrogen-bond acceptors (Lipinski definition) is 4. The molecule has 8 heteroatoms. The molecule has 0 aliphatic carbocycles. The van der Waals surface area contributed by atoms with Crippen molar-refractivity contribution in [3.63, 3.8) is 0 Å². The van der Waals surface area contributed by atoms with Crippen LogP contribution in [0.3, 0.4) is 0 Å². The summed E-state index contributed by atoms with van der Waals surface area (Å²) < 4.78 is 1.71. The molecule has 3 amide bonds. The summed E-state index contributed by atoms with van der Waals surface area (Å²) in [5.41, 5.74) is 0.832. The Hall–Kier alpha value is -2.90. The third-order valence-corrected chi connectivity index (χ3v) is 5.04. The molecule has 2 heterocycles. The largest absolute Gasteiger partial charge is 0.334 e. The average molecular weight is 384 g/mol. The standard InChI is InChI=1S/C20H28N6O2/c1-16(13-26-15-21-14-22-26)23-20(28)25-11-9-17(10-12-25)7-8-19(27)24-18-5-3-2-4-6-18/h2-6,14-17H,7-13H2,1H3,(H,23,28)(H,24,27)/t16-/m0/s1. The molecule has 1 aromatic heterocycles. The lowest BCUT2D eigenvalue weighted by molar-refractivity contribution is -0.116. The lowest BCUT2D eigenvalue weighted by Crippen LogP contribution is -2.48. The first-order chi connectivity index (χ1) is 13.6. The summed E-state index contributed by atoms with van der Waals surface area (Å²) in [6.45, 7) is 4.01. The number of rotatable bonds is 7. The van der Waals surface area contributed by atoms with Crippen LogP contribution in [0.15, 0.2) is 43.0 Å². The summed E-state index contributed by atoms with van der Waals surface area (Å²) in [4.78, 5) is 30.3. The highest BCUT2D eigenvalue weighted by molar-refractivity contribution is 5.90. The summed E-state index contributed by atoms with van der Waals surface area (Å²) in [6, 6.07) is 9.46. The normalized spacial score (nSPS) is 15.8. The number of carbonyl (C=O) groups excluding carboxylic acids is 2. The van der Waals surface area contributed by atoms with Gasteiger partial charge in [-0.3, -0.25) is 9.48 Å². The second-order valence-electron chi connectivity index (χ2n) is 7.35. The molecule has 1 aromatic carbocycles. The van der Waals surface area contributed by atoms with Crippen molar-refractivity contribution in [3.8, 4) is 0 Å². The molecule has 8 nitrogen and oxygen atoms in total. The van der Waals surface area contributed by atoms with Crippen LogP contribution in [0.4, 0.5) is 10.5 Å². The smallest absolute Gasteiger partial charge is 0.317 e. The third kappa shape index (κ3) is 6.07. The number of carbonyl (C=O) groups is 2. The van der Waals surface area contributed by atoms with Gasteiger partial charge < -0.3 is 15.5 Å². The van der Waals surface area contributed by atoms with Gasteiger partial charge in [0.05, 0.1) is 6.54 Å². The van der Waals surface area contributed by atoms with Crippen molar-refractivity contribution in [1.29, 1.82) is 0 Å². The van der Waals surface area contributed by atoms with E-state index in [1.54, 1.807) is 11.0 Å². The van der Waals surface area contributed by atoms with Gasteiger partial charge >= 0.3 is 6.03 Å². The lowest BCUT2D eigenvalue weighted by atomic mass is 9.92. The van der Waals surface area contributed by atoms with Crippen LogP contribution in [0, 0.1) is 5.92 Å². The number of para-hydroxylation sites is 1. The van der Waals surface area contributed by atoms with Crippen molar-refractivity contribution in [2.75, 3.05) is 18.4 Å². The number of amides is 3. The minimum Gasteiger partial charge on any atom is -0.334 e. The van der Waals surface area contributed by atoms with Crippen LogP contribution in [-0.2, 0) is 11.3 Å². The Balaban J connectivity index is 1.33. The van der Waals surface area contributed by atoms with Crippen molar-refractivity contribution in [2.24, 2.45) is 5.92 Å². The van der Waals surface area contributed by atoms with Crippen molar-refractivity contribution >= 4 is 17.6 Å². The van der Waals surface area contributed by atoms with Gasteiger partial charge in [-0.25, -0.2) is 9.78 Å². The van der Waals surface area contributed by atoms with E-state index in [9.17, 15) is 9.59 Å². The van der Waals surface area contributed by atoms with Gasteiger partial charge in [-0.15, -0.1) is 0 Å². The molecule has 1 aliphatic rings. The number of nitrogens with zero attached hydrogens (tertiary/aromatic N) is 4. The van der Waals surface area contributed by atoms with E-state index < -0.39 is 0 Å². The van der Waals surface area contributed by atoms with Crippen molar-refractivity contribution in [2.45, 2.75) is 45.2 Å². The van der Waals surface area contributed by atoms with Crippen LogP contribution < -0.4 is 10.6 Å². The van der Waals surface area contributed by atoms with Gasteiger partial charge in [0.15, 0.2) is 0 Å². The first-order valence-corrected chi connectivity index (χ1v) is 9.83. The highest BCUT2D eigenvalue weighted by atomic mass is 16.2. The molecule has 0 bridgehead atoms. The molecule has 1 atom stereocenters. The Morgan fingerprint density at radius 2 is 1.96 bits per heavy atom. The second kappa shape index (κ2) is 9.87. The minimum absolute atomic E-state index is 0.0198. The van der Waals surface area contributed by atoms with Crippen LogP contribution >= 0.6 is 0 Å². The van der Waals surface area contributed by atoms with Crippen LogP contribution in [0.2, 0.25) is 0 Å². The summed E-state index contributed by atoms with van der Waals surface area (Å²) in [6.07, 6.45) is 6.37. The SMILES string of the molecule is C[C@@H](Cn1cncn1)NC(=O)N1CCC(CCC(=O)Nc2ccccc2)CC1. The van der Waals surface area contributed by atoms with E-state index in [1.165, 1.54) is 6.33 Å². The number of hydrogen-bond donors (Lipinski definition) is 2. The van der Waals surface area contributed by atoms with E-state index in [-0.39, 0.29) is 18.0 Å². The second-order valence-corrected chi connectivity index (χ2v) is 7.35. The topological polar surface area (TPSA) is 92.2 Å². The average Bonchev–Trinajstić information content (AvgIpc) is 3.20. The monoisotopic (exact) mass is 384 g/mol. The number of piperidine rings is 1. The van der Waals surface area contributed by atoms with E-state index in [1.807, 2.05) is 42.2 Å². The van der Waals surface area contributed by atoms with Gasteiger partial charge in [0.1, 0.15) is 12.7 Å². The maximum Gasteiger partial charge on any atom is 0.317 e. The van der Waals surface area contributed by atoms with Gasteiger partial charge in [-0.1, -0.05) is 18.2 Å². The fourth-order valence-corrected chi connectivity index (χ4v) is 3.46. The zero-order valence-corrected chi connectivity index (χ0v) is 16.3.